The Kier molecular flexibility index (Phi) is 5.16. The quantitative estimate of drug-likeness (QED) is 0.806. The van der Waals surface area contributed by atoms with Crippen LogP contribution in [0.15, 0.2) is 18.2 Å². The van der Waals surface area contributed by atoms with Crippen LogP contribution < -0.4 is 5.73 Å². The second-order valence-electron chi connectivity index (χ2n) is 5.83. The van der Waals surface area contributed by atoms with Crippen LogP contribution in [0.3, 0.4) is 0 Å². The molecule has 2 N–H and O–H groups in total. The molecule has 0 amide bonds. The normalized spacial score (nSPS) is 19.6. The topological polar surface area (TPSA) is 26.0 Å². The van der Waals surface area contributed by atoms with Crippen LogP contribution in [0.5, 0.6) is 0 Å². The second kappa shape index (κ2) is 6.47. The third-order valence-electron chi connectivity index (χ3n) is 4.83. The van der Waals surface area contributed by atoms with Crippen molar-refractivity contribution in [1.82, 2.24) is 0 Å². The molecule has 0 aromatic heterocycles. The van der Waals surface area contributed by atoms with Gasteiger partial charge in [0.1, 0.15) is 0 Å². The molecule has 0 aliphatic heterocycles. The Morgan fingerprint density at radius 2 is 1.89 bits per heavy atom. The smallest absolute Gasteiger partial charge is 0.0595 e. The molecule has 1 aliphatic carbocycles. The minimum absolute atomic E-state index is 0.348. The zero-order valence-corrected chi connectivity index (χ0v) is 13.1. The van der Waals surface area contributed by atoms with E-state index in [-0.39, 0.29) is 0 Å². The van der Waals surface area contributed by atoms with Gasteiger partial charge in [-0.3, -0.25) is 0 Å². The van der Waals surface area contributed by atoms with Gasteiger partial charge >= 0.3 is 0 Å². The highest BCUT2D eigenvalue weighted by molar-refractivity contribution is 6.42. The molecule has 106 valence electrons. The van der Waals surface area contributed by atoms with Crippen molar-refractivity contribution in [2.45, 2.75) is 45.4 Å². The van der Waals surface area contributed by atoms with E-state index in [9.17, 15) is 0 Å². The van der Waals surface area contributed by atoms with E-state index in [1.54, 1.807) is 0 Å². The molecule has 19 heavy (non-hydrogen) atoms. The van der Waals surface area contributed by atoms with Gasteiger partial charge in [0.15, 0.2) is 0 Å². The Hall–Kier alpha value is -0.240. The van der Waals surface area contributed by atoms with Crippen molar-refractivity contribution in [1.29, 1.82) is 0 Å². The fraction of sp³-hybridized carbons (Fsp3) is 0.625. The lowest BCUT2D eigenvalue weighted by molar-refractivity contribution is 0.168. The second-order valence-corrected chi connectivity index (χ2v) is 6.65. The van der Waals surface area contributed by atoms with Crippen molar-refractivity contribution >= 4 is 23.2 Å². The Balaban J connectivity index is 2.16. The summed E-state index contributed by atoms with van der Waals surface area (Å²) < 4.78 is 0. The predicted octanol–water partition coefficient (Wildman–Crippen LogP) is 5.08. The molecule has 0 bridgehead atoms. The van der Waals surface area contributed by atoms with Crippen molar-refractivity contribution in [3.8, 4) is 0 Å². The average Bonchev–Trinajstić information content (AvgIpc) is 2.90. The fourth-order valence-corrected chi connectivity index (χ4v) is 3.92. The molecular formula is C16H23Cl2N. The predicted molar refractivity (Wildman–Crippen MR) is 83.9 cm³/mol. The molecule has 1 unspecified atom stereocenters. The number of rotatable bonds is 5. The Morgan fingerprint density at radius 3 is 2.42 bits per heavy atom. The van der Waals surface area contributed by atoms with Crippen molar-refractivity contribution in [2.24, 2.45) is 17.1 Å². The summed E-state index contributed by atoms with van der Waals surface area (Å²) in [6.07, 6.45) is 7.46. The van der Waals surface area contributed by atoms with Gasteiger partial charge in [0, 0.05) is 0 Å². The summed E-state index contributed by atoms with van der Waals surface area (Å²) in [7, 11) is 0. The van der Waals surface area contributed by atoms with E-state index in [0.29, 0.717) is 21.4 Å². The number of hydrogen-bond acceptors (Lipinski definition) is 1. The minimum atomic E-state index is 0.348. The molecule has 3 heteroatoms. The largest absolute Gasteiger partial charge is 0.330 e. The van der Waals surface area contributed by atoms with E-state index in [2.05, 4.69) is 13.0 Å². The van der Waals surface area contributed by atoms with Gasteiger partial charge in [-0.25, -0.2) is 0 Å². The van der Waals surface area contributed by atoms with Crippen molar-refractivity contribution in [3.05, 3.63) is 33.8 Å². The van der Waals surface area contributed by atoms with Crippen molar-refractivity contribution in [2.75, 3.05) is 6.54 Å². The van der Waals surface area contributed by atoms with E-state index in [1.165, 1.54) is 37.7 Å². The van der Waals surface area contributed by atoms with Gasteiger partial charge in [0.25, 0.3) is 0 Å². The third kappa shape index (κ3) is 3.26. The van der Waals surface area contributed by atoms with Crippen LogP contribution in [-0.4, -0.2) is 6.54 Å². The number of benzene rings is 1. The first-order chi connectivity index (χ1) is 9.11. The lowest BCUT2D eigenvalue weighted by atomic mass is 9.70. The highest BCUT2D eigenvalue weighted by Gasteiger charge is 2.38. The van der Waals surface area contributed by atoms with Crippen molar-refractivity contribution in [3.63, 3.8) is 0 Å². The molecule has 1 aliphatic rings. The number of nitrogens with two attached hydrogens (primary N) is 1. The number of hydrogen-bond donors (Lipinski definition) is 1. The Bertz CT molecular complexity index is 425. The van der Waals surface area contributed by atoms with Crippen LogP contribution in [0.25, 0.3) is 0 Å². The van der Waals surface area contributed by atoms with Gasteiger partial charge in [-0.1, -0.05) is 55.5 Å². The monoisotopic (exact) mass is 299 g/mol. The molecular weight excluding hydrogens is 277 g/mol. The highest BCUT2D eigenvalue weighted by atomic mass is 35.5. The molecule has 2 rings (SSSR count). The first-order valence-corrected chi connectivity index (χ1v) is 8.01. The zero-order chi connectivity index (χ0) is 13.9. The van der Waals surface area contributed by atoms with Crippen LogP contribution in [0.1, 0.15) is 44.6 Å². The van der Waals surface area contributed by atoms with Gasteiger partial charge in [0.2, 0.25) is 0 Å². The van der Waals surface area contributed by atoms with Gasteiger partial charge in [-0.15, -0.1) is 0 Å². The fourth-order valence-electron chi connectivity index (χ4n) is 3.60. The summed E-state index contributed by atoms with van der Waals surface area (Å²) >= 11 is 12.1. The lowest BCUT2D eigenvalue weighted by Crippen LogP contribution is -2.36. The lowest BCUT2D eigenvalue weighted by Gasteiger charge is -2.36. The molecule has 0 spiro atoms. The molecule has 1 saturated carbocycles. The van der Waals surface area contributed by atoms with Gasteiger partial charge in [0.05, 0.1) is 10.0 Å². The van der Waals surface area contributed by atoms with E-state index in [4.69, 9.17) is 28.9 Å². The molecule has 0 saturated heterocycles. The van der Waals surface area contributed by atoms with Gasteiger partial charge < -0.3 is 5.73 Å². The number of halogens is 2. The molecule has 0 radical (unpaired) electrons. The molecule has 1 atom stereocenters. The van der Waals surface area contributed by atoms with Crippen LogP contribution >= 0.6 is 23.2 Å². The molecule has 1 fully saturated rings. The van der Waals surface area contributed by atoms with E-state index in [1.807, 2.05) is 12.1 Å². The Labute approximate surface area is 126 Å². The summed E-state index contributed by atoms with van der Waals surface area (Å²) in [6, 6.07) is 6.00. The third-order valence-corrected chi connectivity index (χ3v) is 5.57. The highest BCUT2D eigenvalue weighted by Crippen LogP contribution is 2.46. The summed E-state index contributed by atoms with van der Waals surface area (Å²) in [5, 5.41) is 1.29. The zero-order valence-electron chi connectivity index (χ0n) is 11.6. The molecule has 1 aromatic rings. The summed E-state index contributed by atoms with van der Waals surface area (Å²) in [6.45, 7) is 3.09. The van der Waals surface area contributed by atoms with Crippen LogP contribution in [0, 0.1) is 11.3 Å². The summed E-state index contributed by atoms with van der Waals surface area (Å²) in [5.74, 6) is 0.650. The van der Waals surface area contributed by atoms with E-state index in [0.717, 1.165) is 13.0 Å². The van der Waals surface area contributed by atoms with Crippen LogP contribution in [0.4, 0.5) is 0 Å². The van der Waals surface area contributed by atoms with Gasteiger partial charge in [-0.2, -0.15) is 0 Å². The standard InChI is InChI=1S/C16H23Cl2N/c1-2-13(16(11-19)7-3-4-8-16)9-12-5-6-14(17)15(18)10-12/h5-6,10,13H,2-4,7-9,11,19H2,1H3. The Morgan fingerprint density at radius 1 is 1.21 bits per heavy atom. The van der Waals surface area contributed by atoms with E-state index >= 15 is 0 Å². The first-order valence-electron chi connectivity index (χ1n) is 7.25. The summed E-state index contributed by atoms with van der Waals surface area (Å²) in [5.41, 5.74) is 7.73. The SMILES string of the molecule is CCC(Cc1ccc(Cl)c(Cl)c1)C1(CN)CCCC1. The molecule has 0 heterocycles. The van der Waals surface area contributed by atoms with Gasteiger partial charge in [-0.05, 0) is 54.8 Å². The van der Waals surface area contributed by atoms with E-state index < -0.39 is 0 Å². The van der Waals surface area contributed by atoms with Crippen LogP contribution in [-0.2, 0) is 6.42 Å². The van der Waals surface area contributed by atoms with Crippen molar-refractivity contribution < 1.29 is 0 Å². The van der Waals surface area contributed by atoms with Crippen LogP contribution in [0.2, 0.25) is 10.0 Å². The maximum atomic E-state index is 6.11. The average molecular weight is 300 g/mol. The molecule has 1 nitrogen and oxygen atoms in total. The summed E-state index contributed by atoms with van der Waals surface area (Å²) in [4.78, 5) is 0. The minimum Gasteiger partial charge on any atom is -0.330 e. The molecule has 1 aromatic carbocycles. The maximum absolute atomic E-state index is 6.11. The maximum Gasteiger partial charge on any atom is 0.0595 e. The first kappa shape index (κ1) is 15.2.